The number of aliphatic hydroxyl groups is 1. The fourth-order valence-electron chi connectivity index (χ4n) is 0.895. The molecule has 0 heterocycles. The highest BCUT2D eigenvalue weighted by atomic mass is 16.4. The second-order valence-electron chi connectivity index (χ2n) is 2.25. The highest BCUT2D eigenvalue weighted by Crippen LogP contribution is 2.13. The summed E-state index contributed by atoms with van der Waals surface area (Å²) in [5.74, 6) is 0. The van der Waals surface area contributed by atoms with Crippen LogP contribution in [0.4, 0.5) is 10.5 Å². The van der Waals surface area contributed by atoms with E-state index in [0.29, 0.717) is 11.3 Å². The monoisotopic (exact) mass is 167 g/mol. The molecule has 0 spiro atoms. The van der Waals surface area contributed by atoms with Gasteiger partial charge in [0.2, 0.25) is 0 Å². The topological polar surface area (TPSA) is 69.6 Å². The summed E-state index contributed by atoms with van der Waals surface area (Å²) in [6.45, 7) is -0.170. The Morgan fingerprint density at radius 1 is 1.42 bits per heavy atom. The minimum Gasteiger partial charge on any atom is -0.465 e. The standard InChI is InChI=1S/C8H9NO3/c10-5-6-3-1-2-4-7(6)9-8(11)12/h1-4,9-10H,5H2,(H,11,12). The van der Waals surface area contributed by atoms with Crippen molar-refractivity contribution >= 4 is 11.8 Å². The minimum atomic E-state index is -1.13. The highest BCUT2D eigenvalue weighted by Gasteiger charge is 2.01. The summed E-state index contributed by atoms with van der Waals surface area (Å²) in [6.07, 6.45) is -1.13. The van der Waals surface area contributed by atoms with Gasteiger partial charge in [-0.3, -0.25) is 5.32 Å². The molecule has 4 nitrogen and oxygen atoms in total. The number of rotatable bonds is 2. The van der Waals surface area contributed by atoms with Crippen molar-refractivity contribution in [3.8, 4) is 0 Å². The lowest BCUT2D eigenvalue weighted by Crippen LogP contribution is -2.09. The normalized spacial score (nSPS) is 9.42. The first kappa shape index (κ1) is 8.55. The van der Waals surface area contributed by atoms with Crippen LogP contribution in [0.2, 0.25) is 0 Å². The lowest BCUT2D eigenvalue weighted by Gasteiger charge is -2.04. The number of carboxylic acid groups (broad SMARTS) is 1. The number of hydrogen-bond acceptors (Lipinski definition) is 2. The second-order valence-corrected chi connectivity index (χ2v) is 2.25. The summed E-state index contributed by atoms with van der Waals surface area (Å²) in [7, 11) is 0. The molecule has 0 saturated carbocycles. The second kappa shape index (κ2) is 3.73. The van der Waals surface area contributed by atoms with Crippen molar-refractivity contribution < 1.29 is 15.0 Å². The Balaban J connectivity index is 2.89. The Morgan fingerprint density at radius 2 is 2.08 bits per heavy atom. The van der Waals surface area contributed by atoms with E-state index in [1.54, 1.807) is 24.3 Å². The quantitative estimate of drug-likeness (QED) is 0.621. The molecule has 1 rings (SSSR count). The first-order chi connectivity index (χ1) is 5.74. The van der Waals surface area contributed by atoms with Crippen LogP contribution in [0.15, 0.2) is 24.3 Å². The van der Waals surface area contributed by atoms with Crippen LogP contribution in [0.1, 0.15) is 5.56 Å². The molecule has 0 radical (unpaired) electrons. The number of para-hydroxylation sites is 1. The van der Waals surface area contributed by atoms with Crippen LogP contribution < -0.4 is 5.32 Å². The van der Waals surface area contributed by atoms with E-state index in [1.165, 1.54) is 0 Å². The number of anilines is 1. The van der Waals surface area contributed by atoms with Crippen molar-refractivity contribution in [2.24, 2.45) is 0 Å². The van der Waals surface area contributed by atoms with Gasteiger partial charge < -0.3 is 10.2 Å². The molecule has 1 amide bonds. The Labute approximate surface area is 69.5 Å². The average Bonchev–Trinajstić information content (AvgIpc) is 2.04. The number of hydrogen-bond donors (Lipinski definition) is 3. The lowest BCUT2D eigenvalue weighted by atomic mass is 10.2. The van der Waals surface area contributed by atoms with Crippen LogP contribution >= 0.6 is 0 Å². The van der Waals surface area contributed by atoms with Crippen molar-refractivity contribution in [1.82, 2.24) is 0 Å². The molecule has 0 bridgehead atoms. The fraction of sp³-hybridized carbons (Fsp3) is 0.125. The zero-order valence-corrected chi connectivity index (χ0v) is 6.32. The van der Waals surface area contributed by atoms with E-state index in [2.05, 4.69) is 5.32 Å². The van der Waals surface area contributed by atoms with E-state index < -0.39 is 6.09 Å². The van der Waals surface area contributed by atoms with Gasteiger partial charge in [-0.05, 0) is 6.07 Å². The van der Waals surface area contributed by atoms with Gasteiger partial charge in [-0.1, -0.05) is 18.2 Å². The maximum absolute atomic E-state index is 10.2. The summed E-state index contributed by atoms with van der Waals surface area (Å²) in [5.41, 5.74) is 0.993. The largest absolute Gasteiger partial charge is 0.465 e. The molecule has 64 valence electrons. The smallest absolute Gasteiger partial charge is 0.409 e. The number of amides is 1. The first-order valence-corrected chi connectivity index (χ1v) is 3.42. The Hall–Kier alpha value is -1.55. The van der Waals surface area contributed by atoms with Crippen LogP contribution in [0, 0.1) is 0 Å². The van der Waals surface area contributed by atoms with E-state index in [-0.39, 0.29) is 6.61 Å². The van der Waals surface area contributed by atoms with Crippen LogP contribution in [0.25, 0.3) is 0 Å². The van der Waals surface area contributed by atoms with Gasteiger partial charge >= 0.3 is 6.09 Å². The van der Waals surface area contributed by atoms with Crippen molar-refractivity contribution in [2.75, 3.05) is 5.32 Å². The summed E-state index contributed by atoms with van der Waals surface area (Å²) in [4.78, 5) is 10.2. The molecule has 12 heavy (non-hydrogen) atoms. The number of aliphatic hydroxyl groups excluding tert-OH is 1. The highest BCUT2D eigenvalue weighted by molar-refractivity contribution is 5.83. The first-order valence-electron chi connectivity index (χ1n) is 3.42. The van der Waals surface area contributed by atoms with Gasteiger partial charge in [0.05, 0.1) is 6.61 Å². The predicted octanol–water partition coefficient (Wildman–Crippen LogP) is 1.27. The molecule has 0 saturated heterocycles. The molecule has 4 heteroatoms. The van der Waals surface area contributed by atoms with Crippen molar-refractivity contribution in [3.05, 3.63) is 29.8 Å². The molecule has 3 N–H and O–H groups in total. The van der Waals surface area contributed by atoms with Crippen LogP contribution in [-0.2, 0) is 6.61 Å². The number of carbonyl (C=O) groups is 1. The molecular formula is C8H9NO3. The van der Waals surface area contributed by atoms with Gasteiger partial charge in [-0.15, -0.1) is 0 Å². The summed E-state index contributed by atoms with van der Waals surface area (Å²) in [6, 6.07) is 6.69. The van der Waals surface area contributed by atoms with Gasteiger partial charge in [-0.25, -0.2) is 4.79 Å². The molecule has 1 aromatic carbocycles. The van der Waals surface area contributed by atoms with Crippen molar-refractivity contribution in [1.29, 1.82) is 0 Å². The van der Waals surface area contributed by atoms with Crippen LogP contribution in [0.3, 0.4) is 0 Å². The molecule has 0 fully saturated rings. The fourth-order valence-corrected chi connectivity index (χ4v) is 0.895. The SMILES string of the molecule is O=C(O)Nc1ccccc1CO. The average molecular weight is 167 g/mol. The van der Waals surface area contributed by atoms with E-state index >= 15 is 0 Å². The Bertz CT molecular complexity index is 285. The number of nitrogens with one attached hydrogen (secondary N) is 1. The molecular weight excluding hydrogens is 158 g/mol. The van der Waals surface area contributed by atoms with E-state index in [4.69, 9.17) is 10.2 Å². The number of benzene rings is 1. The third kappa shape index (κ3) is 1.96. The maximum atomic E-state index is 10.2. The summed E-state index contributed by atoms with van der Waals surface area (Å²) in [5, 5.41) is 19.4. The van der Waals surface area contributed by atoms with E-state index in [9.17, 15) is 4.79 Å². The minimum absolute atomic E-state index is 0.170. The van der Waals surface area contributed by atoms with Gasteiger partial charge in [0.1, 0.15) is 0 Å². The zero-order valence-electron chi connectivity index (χ0n) is 6.32. The Kier molecular flexibility index (Phi) is 2.66. The van der Waals surface area contributed by atoms with Crippen molar-refractivity contribution in [3.63, 3.8) is 0 Å². The van der Waals surface area contributed by atoms with Crippen molar-refractivity contribution in [2.45, 2.75) is 6.61 Å². The van der Waals surface area contributed by atoms with Crippen LogP contribution in [-0.4, -0.2) is 16.3 Å². The van der Waals surface area contributed by atoms with E-state index in [0.717, 1.165) is 0 Å². The van der Waals surface area contributed by atoms with Gasteiger partial charge in [0, 0.05) is 11.3 Å². The molecule has 0 aromatic heterocycles. The molecule has 0 unspecified atom stereocenters. The third-order valence-electron chi connectivity index (χ3n) is 1.43. The van der Waals surface area contributed by atoms with E-state index in [1.807, 2.05) is 0 Å². The summed E-state index contributed by atoms with van der Waals surface area (Å²) < 4.78 is 0. The predicted molar refractivity (Wildman–Crippen MR) is 44.0 cm³/mol. The molecule has 0 aliphatic heterocycles. The summed E-state index contributed by atoms with van der Waals surface area (Å²) >= 11 is 0. The Morgan fingerprint density at radius 3 is 2.67 bits per heavy atom. The third-order valence-corrected chi connectivity index (χ3v) is 1.43. The maximum Gasteiger partial charge on any atom is 0.409 e. The molecule has 0 aliphatic carbocycles. The molecule has 0 aliphatic rings. The molecule has 1 aromatic rings. The van der Waals surface area contributed by atoms with Gasteiger partial charge in [0.25, 0.3) is 0 Å². The van der Waals surface area contributed by atoms with Gasteiger partial charge in [0.15, 0.2) is 0 Å². The zero-order chi connectivity index (χ0) is 8.97. The van der Waals surface area contributed by atoms with Gasteiger partial charge in [-0.2, -0.15) is 0 Å². The van der Waals surface area contributed by atoms with Crippen LogP contribution in [0.5, 0.6) is 0 Å². The lowest BCUT2D eigenvalue weighted by molar-refractivity contribution is 0.209. The molecule has 0 atom stereocenters.